The third kappa shape index (κ3) is 2.16. The first-order chi connectivity index (χ1) is 11.5. The van der Waals surface area contributed by atoms with Crippen molar-refractivity contribution in [3.05, 3.63) is 64.3 Å². The van der Waals surface area contributed by atoms with Crippen molar-refractivity contribution in [2.75, 3.05) is 7.11 Å². The summed E-state index contributed by atoms with van der Waals surface area (Å²) in [4.78, 5) is 4.71. The number of hydrogen-bond acceptors (Lipinski definition) is 3. The first-order valence-corrected chi connectivity index (χ1v) is 8.68. The van der Waals surface area contributed by atoms with Gasteiger partial charge in [-0.25, -0.2) is 0 Å². The molecule has 24 heavy (non-hydrogen) atoms. The van der Waals surface area contributed by atoms with Gasteiger partial charge in [0, 0.05) is 45.4 Å². The van der Waals surface area contributed by atoms with Gasteiger partial charge in [0.05, 0.1) is 18.7 Å². The van der Waals surface area contributed by atoms with Crippen LogP contribution in [0.15, 0.2) is 41.3 Å². The molecule has 1 heterocycles. The smallest absolute Gasteiger partial charge is 0.0992 e. The largest absolute Gasteiger partial charge is 0.357 e. The second kappa shape index (κ2) is 5.41. The minimum Gasteiger partial charge on any atom is -0.357 e. The van der Waals surface area contributed by atoms with E-state index in [4.69, 9.17) is 9.44 Å². The zero-order chi connectivity index (χ0) is 16.9. The Balaban J connectivity index is 1.92. The summed E-state index contributed by atoms with van der Waals surface area (Å²) in [5, 5.41) is 10.4. The molecule has 1 aliphatic rings. The Hall–Kier alpha value is -2.22. The van der Waals surface area contributed by atoms with Crippen molar-refractivity contribution in [1.29, 1.82) is 5.26 Å². The van der Waals surface area contributed by atoms with Gasteiger partial charge in [-0.05, 0) is 41.0 Å². The molecular weight excluding hydrogens is 316 g/mol. The van der Waals surface area contributed by atoms with Crippen molar-refractivity contribution < 1.29 is 4.18 Å². The molecule has 0 unspecified atom stereocenters. The van der Waals surface area contributed by atoms with Crippen LogP contribution in [-0.2, 0) is 16.0 Å². The number of aromatic amines is 1. The maximum absolute atomic E-state index is 9.15. The number of nitrogens with one attached hydrogen (secondary N) is 1. The van der Waals surface area contributed by atoms with Crippen LogP contribution in [0.4, 0.5) is 0 Å². The minimum atomic E-state index is -0.0923. The lowest BCUT2D eigenvalue weighted by molar-refractivity contribution is 0.489. The van der Waals surface area contributed by atoms with Gasteiger partial charge in [0.1, 0.15) is 0 Å². The number of nitrogens with zero attached hydrogens (tertiary/aromatic N) is 1. The minimum absolute atomic E-state index is 0.0923. The van der Waals surface area contributed by atoms with E-state index in [1.807, 2.05) is 12.1 Å². The molecule has 3 aromatic rings. The maximum atomic E-state index is 9.15. The Bertz CT molecular complexity index is 995. The van der Waals surface area contributed by atoms with Crippen LogP contribution in [0, 0.1) is 11.3 Å². The lowest BCUT2D eigenvalue weighted by Crippen LogP contribution is -2.27. The molecule has 0 fully saturated rings. The quantitative estimate of drug-likeness (QED) is 0.677. The highest BCUT2D eigenvalue weighted by Crippen LogP contribution is 2.44. The Morgan fingerprint density at radius 3 is 2.79 bits per heavy atom. The van der Waals surface area contributed by atoms with Gasteiger partial charge in [-0.2, -0.15) is 5.26 Å². The molecule has 4 rings (SSSR count). The number of fused-ring (bicyclic) bond motifs is 4. The SMILES string of the molecule is COSc1ccc2c(c1)Cc1c([nH]c3cc(C#N)ccc13)C2(C)C. The molecule has 2 aromatic carbocycles. The van der Waals surface area contributed by atoms with Crippen LogP contribution in [0.5, 0.6) is 0 Å². The molecule has 1 aromatic heterocycles. The van der Waals surface area contributed by atoms with Gasteiger partial charge in [0.2, 0.25) is 0 Å². The summed E-state index contributed by atoms with van der Waals surface area (Å²) in [6, 6.07) is 14.7. The van der Waals surface area contributed by atoms with Gasteiger partial charge in [-0.1, -0.05) is 26.0 Å². The number of H-pyrrole nitrogens is 1. The fourth-order valence-corrected chi connectivity index (χ4v) is 4.35. The van der Waals surface area contributed by atoms with Crippen molar-refractivity contribution in [1.82, 2.24) is 4.98 Å². The van der Waals surface area contributed by atoms with Crippen LogP contribution < -0.4 is 0 Å². The third-order valence-corrected chi connectivity index (χ3v) is 5.57. The van der Waals surface area contributed by atoms with Crippen LogP contribution in [0.1, 0.15) is 41.8 Å². The zero-order valence-corrected chi connectivity index (χ0v) is 14.8. The number of aromatic nitrogens is 1. The fraction of sp³-hybridized carbons (Fsp3) is 0.250. The molecular formula is C20H18N2OS. The molecule has 1 N–H and O–H groups in total. The van der Waals surface area contributed by atoms with Crippen LogP contribution in [0.2, 0.25) is 0 Å². The molecule has 0 bridgehead atoms. The Kier molecular flexibility index (Phi) is 3.45. The molecule has 0 spiro atoms. The molecule has 0 atom stereocenters. The summed E-state index contributed by atoms with van der Waals surface area (Å²) in [5.74, 6) is 0. The zero-order valence-electron chi connectivity index (χ0n) is 13.9. The Morgan fingerprint density at radius 1 is 1.21 bits per heavy atom. The highest BCUT2D eigenvalue weighted by molar-refractivity contribution is 7.94. The van der Waals surface area contributed by atoms with Gasteiger partial charge in [-0.3, -0.25) is 0 Å². The molecule has 1 aliphatic carbocycles. The van der Waals surface area contributed by atoms with Crippen molar-refractivity contribution >= 4 is 22.9 Å². The normalized spacial score (nSPS) is 14.9. The number of nitriles is 1. The monoisotopic (exact) mass is 334 g/mol. The molecule has 0 amide bonds. The molecule has 0 saturated heterocycles. The number of rotatable bonds is 2. The predicted molar refractivity (Wildman–Crippen MR) is 97.3 cm³/mol. The fourth-order valence-electron chi connectivity index (χ4n) is 3.84. The average molecular weight is 334 g/mol. The van der Waals surface area contributed by atoms with Gasteiger partial charge in [-0.15, -0.1) is 0 Å². The van der Waals surface area contributed by atoms with Gasteiger partial charge in [0.15, 0.2) is 0 Å². The highest BCUT2D eigenvalue weighted by Gasteiger charge is 2.35. The van der Waals surface area contributed by atoms with Gasteiger partial charge < -0.3 is 9.17 Å². The highest BCUT2D eigenvalue weighted by atomic mass is 32.2. The van der Waals surface area contributed by atoms with E-state index in [9.17, 15) is 0 Å². The molecule has 120 valence electrons. The predicted octanol–water partition coefficient (Wildman–Crippen LogP) is 4.92. The van der Waals surface area contributed by atoms with Crippen LogP contribution in [-0.4, -0.2) is 12.1 Å². The second-order valence-corrected chi connectivity index (χ2v) is 7.69. The van der Waals surface area contributed by atoms with E-state index in [0.29, 0.717) is 5.56 Å². The van der Waals surface area contributed by atoms with Crippen LogP contribution in [0.25, 0.3) is 10.9 Å². The molecule has 0 saturated carbocycles. The van der Waals surface area contributed by atoms with E-state index in [2.05, 4.69) is 49.2 Å². The van der Waals surface area contributed by atoms with Crippen LogP contribution >= 0.6 is 12.0 Å². The number of hydrogen-bond donors (Lipinski definition) is 1. The van der Waals surface area contributed by atoms with Crippen molar-refractivity contribution in [2.24, 2.45) is 0 Å². The summed E-state index contributed by atoms with van der Waals surface area (Å²) < 4.78 is 5.20. The van der Waals surface area contributed by atoms with E-state index in [1.165, 1.54) is 39.8 Å². The molecule has 4 heteroatoms. The molecule has 3 nitrogen and oxygen atoms in total. The molecule has 0 radical (unpaired) electrons. The van der Waals surface area contributed by atoms with Gasteiger partial charge >= 0.3 is 0 Å². The van der Waals surface area contributed by atoms with Crippen molar-refractivity contribution in [3.8, 4) is 6.07 Å². The first-order valence-electron chi connectivity index (χ1n) is 7.94. The Morgan fingerprint density at radius 2 is 2.04 bits per heavy atom. The van der Waals surface area contributed by atoms with E-state index in [1.54, 1.807) is 7.11 Å². The van der Waals surface area contributed by atoms with E-state index in [0.717, 1.165) is 16.8 Å². The average Bonchev–Trinajstić information content (AvgIpc) is 2.94. The van der Waals surface area contributed by atoms with Crippen LogP contribution in [0.3, 0.4) is 0 Å². The van der Waals surface area contributed by atoms with E-state index < -0.39 is 0 Å². The van der Waals surface area contributed by atoms with Crippen molar-refractivity contribution in [3.63, 3.8) is 0 Å². The Labute approximate surface area is 145 Å². The lowest BCUT2D eigenvalue weighted by atomic mass is 9.72. The summed E-state index contributed by atoms with van der Waals surface area (Å²) >= 11 is 1.40. The van der Waals surface area contributed by atoms with E-state index >= 15 is 0 Å². The molecule has 0 aliphatic heterocycles. The standard InChI is InChI=1S/C20H18N2OS/c1-20(2)17-7-5-14(24-23-3)9-13(17)10-16-15-6-4-12(11-21)8-18(15)22-19(16)20/h4-9,22H,10H2,1-3H3. The summed E-state index contributed by atoms with van der Waals surface area (Å²) in [7, 11) is 1.69. The lowest BCUT2D eigenvalue weighted by Gasteiger charge is -2.33. The van der Waals surface area contributed by atoms with E-state index in [-0.39, 0.29) is 5.41 Å². The summed E-state index contributed by atoms with van der Waals surface area (Å²) in [6.07, 6.45) is 0.901. The topological polar surface area (TPSA) is 48.8 Å². The third-order valence-electron chi connectivity index (χ3n) is 4.96. The number of benzene rings is 2. The second-order valence-electron chi connectivity index (χ2n) is 6.72. The first kappa shape index (κ1) is 15.3. The maximum Gasteiger partial charge on any atom is 0.0992 e. The summed E-state index contributed by atoms with van der Waals surface area (Å²) in [5.41, 5.74) is 6.94. The van der Waals surface area contributed by atoms with Gasteiger partial charge in [0.25, 0.3) is 0 Å². The van der Waals surface area contributed by atoms with Crippen molar-refractivity contribution in [2.45, 2.75) is 30.6 Å². The summed E-state index contributed by atoms with van der Waals surface area (Å²) in [6.45, 7) is 4.51.